The van der Waals surface area contributed by atoms with Crippen LogP contribution in [0.15, 0.2) is 28.7 Å². The second-order valence-electron chi connectivity index (χ2n) is 7.14. The molecule has 0 aromatic heterocycles. The van der Waals surface area contributed by atoms with E-state index >= 15 is 0 Å². The summed E-state index contributed by atoms with van der Waals surface area (Å²) in [6.45, 7) is -0.504. The number of benzene rings is 1. The summed E-state index contributed by atoms with van der Waals surface area (Å²) in [6.07, 6.45) is 0.913. The van der Waals surface area contributed by atoms with Gasteiger partial charge in [0, 0.05) is 10.2 Å². The van der Waals surface area contributed by atoms with Crippen LogP contribution in [0.25, 0.3) is 0 Å². The standard InChI is InChI=1S/C17H15BrN2O4/c18-7-1-3-8(4-2-7)20-14-9-5-10(15(14)20)13-12(9)16(23)19(17(13)24)6-11(21)22/h1-4,9-10,12-15H,5-6H2,(H,21,22)/t9-,10+,12-,13+,14+,15-,20?. The zero-order valence-electron chi connectivity index (χ0n) is 12.6. The molecule has 1 aromatic carbocycles. The first kappa shape index (κ1) is 14.5. The lowest BCUT2D eigenvalue weighted by Gasteiger charge is -2.19. The van der Waals surface area contributed by atoms with Crippen LogP contribution in [0.3, 0.4) is 0 Å². The molecular formula is C17H15BrN2O4. The molecular weight excluding hydrogens is 376 g/mol. The summed E-state index contributed by atoms with van der Waals surface area (Å²) in [6, 6.07) is 8.74. The maximum atomic E-state index is 12.6. The second kappa shape index (κ2) is 4.59. The number of anilines is 1. The summed E-state index contributed by atoms with van der Waals surface area (Å²) in [5, 5.41) is 8.94. The Labute approximate surface area is 146 Å². The first-order chi connectivity index (χ1) is 11.5. The largest absolute Gasteiger partial charge is 0.480 e. The number of halogens is 1. The van der Waals surface area contributed by atoms with Gasteiger partial charge in [-0.1, -0.05) is 15.9 Å². The van der Waals surface area contributed by atoms with Gasteiger partial charge in [0.15, 0.2) is 0 Å². The van der Waals surface area contributed by atoms with Gasteiger partial charge in [-0.25, -0.2) is 0 Å². The van der Waals surface area contributed by atoms with Crippen LogP contribution >= 0.6 is 15.9 Å². The number of likely N-dealkylation sites (tertiary alicyclic amines) is 1. The highest BCUT2D eigenvalue weighted by molar-refractivity contribution is 9.10. The number of carboxylic acids is 1. The topological polar surface area (TPSA) is 77.7 Å². The average molecular weight is 391 g/mol. The van der Waals surface area contributed by atoms with Gasteiger partial charge >= 0.3 is 5.97 Å². The molecule has 6 nitrogen and oxygen atoms in total. The van der Waals surface area contributed by atoms with Crippen LogP contribution in [-0.2, 0) is 14.4 Å². The van der Waals surface area contributed by atoms with E-state index in [1.807, 2.05) is 12.1 Å². The Balaban J connectivity index is 1.43. The van der Waals surface area contributed by atoms with Crippen LogP contribution in [0.2, 0.25) is 0 Å². The van der Waals surface area contributed by atoms with E-state index in [2.05, 4.69) is 33.0 Å². The molecule has 2 aliphatic heterocycles. The molecule has 1 aromatic rings. The number of carboxylic acid groups (broad SMARTS) is 1. The van der Waals surface area contributed by atoms with E-state index < -0.39 is 12.5 Å². The van der Waals surface area contributed by atoms with Crippen molar-refractivity contribution < 1.29 is 19.5 Å². The summed E-state index contributed by atoms with van der Waals surface area (Å²) in [5.41, 5.74) is 1.13. The molecule has 2 bridgehead atoms. The molecule has 2 aliphatic carbocycles. The Morgan fingerprint density at radius 1 is 1.08 bits per heavy atom. The molecule has 0 unspecified atom stereocenters. The highest BCUT2D eigenvalue weighted by Crippen LogP contribution is 2.66. The molecule has 4 fully saturated rings. The SMILES string of the molecule is O=C(O)CN1C(=O)[C@@H]2[C@H]3C[C@@H]([C@@H]2C1=O)[C@@H]1[C@H]3N1c1ccc(Br)cc1. The Kier molecular flexibility index (Phi) is 2.77. The summed E-state index contributed by atoms with van der Waals surface area (Å²) in [7, 11) is 0. The van der Waals surface area contributed by atoms with Crippen molar-refractivity contribution in [3.63, 3.8) is 0 Å². The number of amides is 2. The molecule has 6 atom stereocenters. The number of imide groups is 1. The van der Waals surface area contributed by atoms with Crippen molar-refractivity contribution in [3.05, 3.63) is 28.7 Å². The van der Waals surface area contributed by atoms with E-state index in [-0.39, 0.29) is 35.5 Å². The highest BCUT2D eigenvalue weighted by Gasteiger charge is 2.75. The molecule has 0 radical (unpaired) electrons. The van der Waals surface area contributed by atoms with Gasteiger partial charge < -0.3 is 10.0 Å². The number of rotatable bonds is 3. The van der Waals surface area contributed by atoms with Crippen molar-refractivity contribution in [1.29, 1.82) is 0 Å². The lowest BCUT2D eigenvalue weighted by molar-refractivity contribution is -0.150. The van der Waals surface area contributed by atoms with Crippen molar-refractivity contribution in [2.75, 3.05) is 11.4 Å². The molecule has 2 amide bonds. The summed E-state index contributed by atoms with van der Waals surface area (Å²) in [5.74, 6) is -1.98. The van der Waals surface area contributed by atoms with E-state index in [9.17, 15) is 14.4 Å². The number of hydrogen-bond acceptors (Lipinski definition) is 4. The first-order valence-corrected chi connectivity index (χ1v) is 8.89. The summed E-state index contributed by atoms with van der Waals surface area (Å²) < 4.78 is 1.02. The Morgan fingerprint density at radius 3 is 2.12 bits per heavy atom. The lowest BCUT2D eigenvalue weighted by atomic mass is 9.81. The van der Waals surface area contributed by atoms with Crippen LogP contribution in [-0.4, -0.2) is 46.4 Å². The zero-order valence-corrected chi connectivity index (χ0v) is 14.2. The molecule has 24 heavy (non-hydrogen) atoms. The second-order valence-corrected chi connectivity index (χ2v) is 8.05. The molecule has 5 rings (SSSR count). The van der Waals surface area contributed by atoms with Crippen molar-refractivity contribution >= 4 is 39.4 Å². The molecule has 7 heteroatoms. The number of carbonyl (C=O) groups excluding carboxylic acids is 2. The number of aliphatic carboxylic acids is 1. The summed E-state index contributed by atoms with van der Waals surface area (Å²) in [4.78, 5) is 39.4. The maximum Gasteiger partial charge on any atom is 0.323 e. The highest BCUT2D eigenvalue weighted by atomic mass is 79.9. The van der Waals surface area contributed by atoms with Crippen LogP contribution in [0.4, 0.5) is 5.69 Å². The molecule has 124 valence electrons. The normalized spacial score (nSPS) is 38.5. The molecule has 2 heterocycles. The number of fused-ring (bicyclic) bond motifs is 8. The van der Waals surface area contributed by atoms with Crippen molar-refractivity contribution in [3.8, 4) is 0 Å². The minimum Gasteiger partial charge on any atom is -0.480 e. The van der Waals surface area contributed by atoms with E-state index in [0.717, 1.165) is 21.5 Å². The third kappa shape index (κ3) is 1.68. The van der Waals surface area contributed by atoms with E-state index in [1.54, 1.807) is 0 Å². The fourth-order valence-electron chi connectivity index (χ4n) is 5.42. The Morgan fingerprint density at radius 2 is 1.62 bits per heavy atom. The van der Waals surface area contributed by atoms with Crippen LogP contribution < -0.4 is 4.90 Å². The third-order valence-electron chi connectivity index (χ3n) is 6.15. The fourth-order valence-corrected chi connectivity index (χ4v) is 5.69. The first-order valence-electron chi connectivity index (χ1n) is 8.10. The van der Waals surface area contributed by atoms with Gasteiger partial charge in [-0.15, -0.1) is 0 Å². The van der Waals surface area contributed by atoms with Crippen molar-refractivity contribution in [1.82, 2.24) is 4.90 Å². The van der Waals surface area contributed by atoms with Gasteiger partial charge in [-0.3, -0.25) is 19.3 Å². The zero-order chi connectivity index (χ0) is 16.7. The smallest absolute Gasteiger partial charge is 0.323 e. The van der Waals surface area contributed by atoms with Gasteiger partial charge in [0.05, 0.1) is 23.9 Å². The predicted octanol–water partition coefficient (Wildman–Crippen LogP) is 1.34. The Hall–Kier alpha value is -1.89. The van der Waals surface area contributed by atoms with E-state index in [4.69, 9.17) is 5.11 Å². The number of carbonyl (C=O) groups is 3. The van der Waals surface area contributed by atoms with E-state index in [1.165, 1.54) is 0 Å². The van der Waals surface area contributed by atoms with Crippen LogP contribution in [0.5, 0.6) is 0 Å². The average Bonchev–Trinajstić information content (AvgIpc) is 2.90. The molecule has 4 aliphatic rings. The van der Waals surface area contributed by atoms with Gasteiger partial charge in [-0.05, 0) is 42.5 Å². The lowest BCUT2D eigenvalue weighted by Crippen LogP contribution is -2.38. The Bertz CT molecular complexity index is 745. The van der Waals surface area contributed by atoms with Crippen molar-refractivity contribution in [2.45, 2.75) is 18.5 Å². The minimum absolute atomic E-state index is 0.170. The number of nitrogens with zero attached hydrogens (tertiary/aromatic N) is 2. The number of hydrogen-bond donors (Lipinski definition) is 1. The molecule has 0 spiro atoms. The van der Waals surface area contributed by atoms with Gasteiger partial charge in [-0.2, -0.15) is 0 Å². The maximum absolute atomic E-state index is 12.6. The summed E-state index contributed by atoms with van der Waals surface area (Å²) >= 11 is 3.43. The minimum atomic E-state index is -1.13. The molecule has 2 saturated heterocycles. The third-order valence-corrected chi connectivity index (χ3v) is 6.68. The predicted molar refractivity (Wildman–Crippen MR) is 87.1 cm³/mol. The van der Waals surface area contributed by atoms with Crippen molar-refractivity contribution in [2.24, 2.45) is 23.7 Å². The van der Waals surface area contributed by atoms with Gasteiger partial charge in [0.25, 0.3) is 0 Å². The monoisotopic (exact) mass is 390 g/mol. The van der Waals surface area contributed by atoms with Crippen LogP contribution in [0, 0.1) is 23.7 Å². The van der Waals surface area contributed by atoms with Gasteiger partial charge in [0.2, 0.25) is 11.8 Å². The fraction of sp³-hybridized carbons (Fsp3) is 0.471. The van der Waals surface area contributed by atoms with E-state index in [0.29, 0.717) is 12.1 Å². The molecule has 2 saturated carbocycles. The van der Waals surface area contributed by atoms with Gasteiger partial charge in [0.1, 0.15) is 6.54 Å². The van der Waals surface area contributed by atoms with Crippen LogP contribution in [0.1, 0.15) is 6.42 Å². The quantitative estimate of drug-likeness (QED) is 0.622. The number of piperidine rings is 1. The molecule has 1 N–H and O–H groups in total.